The van der Waals surface area contributed by atoms with Gasteiger partial charge in [0.2, 0.25) is 0 Å². The monoisotopic (exact) mass is 365 g/mol. The predicted molar refractivity (Wildman–Crippen MR) is 93.7 cm³/mol. The lowest BCUT2D eigenvalue weighted by atomic mass is 10.2. The molecule has 0 radical (unpaired) electrons. The van der Waals surface area contributed by atoms with Gasteiger partial charge in [0.1, 0.15) is 0 Å². The van der Waals surface area contributed by atoms with E-state index in [9.17, 15) is 0 Å². The van der Waals surface area contributed by atoms with Crippen molar-refractivity contribution in [1.82, 2.24) is 5.32 Å². The summed E-state index contributed by atoms with van der Waals surface area (Å²) in [4.78, 5) is 1.28. The van der Waals surface area contributed by atoms with E-state index >= 15 is 0 Å². The van der Waals surface area contributed by atoms with Gasteiger partial charge in [0.25, 0.3) is 0 Å². The van der Waals surface area contributed by atoms with Gasteiger partial charge in [-0.05, 0) is 39.2 Å². The van der Waals surface area contributed by atoms with Crippen LogP contribution in [-0.2, 0) is 17.0 Å². The van der Waals surface area contributed by atoms with Gasteiger partial charge in [0, 0.05) is 35.3 Å². The maximum Gasteiger partial charge on any atom is 0.0587 e. The standard InChI is InChI=1S/C17H20BrNOS/c1-20-10-9-19-12-15-7-8-17(16(18)11-15)21-13-14-5-3-2-4-6-14/h2-8,11,19H,9-10,12-13H2,1H3. The SMILES string of the molecule is COCCNCc1ccc(SCc2ccccc2)c(Br)c1. The molecule has 0 amide bonds. The molecule has 0 atom stereocenters. The summed E-state index contributed by atoms with van der Waals surface area (Å²) in [5.74, 6) is 0.991. The van der Waals surface area contributed by atoms with E-state index in [0.29, 0.717) is 0 Å². The van der Waals surface area contributed by atoms with Crippen LogP contribution in [-0.4, -0.2) is 20.3 Å². The highest BCUT2D eigenvalue weighted by molar-refractivity contribution is 9.10. The number of nitrogens with one attached hydrogen (secondary N) is 1. The topological polar surface area (TPSA) is 21.3 Å². The first kappa shape index (κ1) is 16.6. The Morgan fingerprint density at radius 3 is 2.62 bits per heavy atom. The fourth-order valence-electron chi connectivity index (χ4n) is 1.91. The van der Waals surface area contributed by atoms with Crippen molar-refractivity contribution in [2.24, 2.45) is 0 Å². The zero-order chi connectivity index (χ0) is 14.9. The molecule has 1 N–H and O–H groups in total. The zero-order valence-corrected chi connectivity index (χ0v) is 14.5. The van der Waals surface area contributed by atoms with Crippen LogP contribution in [0.25, 0.3) is 0 Å². The van der Waals surface area contributed by atoms with Crippen LogP contribution >= 0.6 is 27.7 Å². The molecule has 0 aliphatic heterocycles. The number of hydrogen-bond donors (Lipinski definition) is 1. The van der Waals surface area contributed by atoms with Gasteiger partial charge in [-0.1, -0.05) is 36.4 Å². The number of thioether (sulfide) groups is 1. The molecular weight excluding hydrogens is 346 g/mol. The molecule has 0 heterocycles. The average Bonchev–Trinajstić information content (AvgIpc) is 2.52. The van der Waals surface area contributed by atoms with Crippen molar-refractivity contribution in [1.29, 1.82) is 0 Å². The Kier molecular flexibility index (Phi) is 7.30. The third kappa shape index (κ3) is 5.83. The molecule has 0 aromatic heterocycles. The molecule has 0 spiro atoms. The Bertz CT molecular complexity index is 548. The van der Waals surface area contributed by atoms with Crippen LogP contribution in [0.5, 0.6) is 0 Å². The molecule has 2 nitrogen and oxygen atoms in total. The van der Waals surface area contributed by atoms with Crippen LogP contribution in [0, 0.1) is 0 Å². The smallest absolute Gasteiger partial charge is 0.0587 e. The maximum atomic E-state index is 5.02. The van der Waals surface area contributed by atoms with Gasteiger partial charge in [-0.15, -0.1) is 11.8 Å². The lowest BCUT2D eigenvalue weighted by Crippen LogP contribution is -2.18. The minimum Gasteiger partial charge on any atom is -0.383 e. The zero-order valence-electron chi connectivity index (χ0n) is 12.1. The number of hydrogen-bond acceptors (Lipinski definition) is 3. The van der Waals surface area contributed by atoms with Crippen LogP contribution in [0.4, 0.5) is 0 Å². The second-order valence-corrected chi connectivity index (χ2v) is 6.58. The molecule has 0 bridgehead atoms. The molecule has 0 saturated carbocycles. The van der Waals surface area contributed by atoms with Gasteiger partial charge in [-0.3, -0.25) is 0 Å². The first-order valence-corrected chi connectivity index (χ1v) is 8.72. The molecule has 0 saturated heterocycles. The largest absolute Gasteiger partial charge is 0.383 e. The second-order valence-electron chi connectivity index (χ2n) is 4.71. The number of rotatable bonds is 8. The highest BCUT2D eigenvalue weighted by Gasteiger charge is 2.03. The Labute approximate surface area is 139 Å². The van der Waals surface area contributed by atoms with E-state index in [1.54, 1.807) is 7.11 Å². The van der Waals surface area contributed by atoms with E-state index in [2.05, 4.69) is 69.8 Å². The molecule has 0 aliphatic carbocycles. The minimum atomic E-state index is 0.742. The highest BCUT2D eigenvalue weighted by Crippen LogP contribution is 2.30. The third-order valence-electron chi connectivity index (χ3n) is 3.05. The van der Waals surface area contributed by atoms with Crippen molar-refractivity contribution in [3.8, 4) is 0 Å². The van der Waals surface area contributed by atoms with Crippen molar-refractivity contribution in [2.75, 3.05) is 20.3 Å². The lowest BCUT2D eigenvalue weighted by molar-refractivity contribution is 0.199. The normalized spacial score (nSPS) is 10.8. The Hall–Kier alpha value is -0.810. The molecule has 2 aromatic carbocycles. The van der Waals surface area contributed by atoms with Crippen molar-refractivity contribution >= 4 is 27.7 Å². The van der Waals surface area contributed by atoms with E-state index in [1.165, 1.54) is 16.0 Å². The predicted octanol–water partition coefficient (Wildman–Crippen LogP) is 4.48. The first-order chi connectivity index (χ1) is 10.3. The van der Waals surface area contributed by atoms with Crippen LogP contribution in [0.1, 0.15) is 11.1 Å². The summed E-state index contributed by atoms with van der Waals surface area (Å²) < 4.78 is 6.18. The van der Waals surface area contributed by atoms with Crippen LogP contribution < -0.4 is 5.32 Å². The molecule has 4 heteroatoms. The number of benzene rings is 2. The summed E-state index contributed by atoms with van der Waals surface area (Å²) in [7, 11) is 1.72. The van der Waals surface area contributed by atoms with Gasteiger partial charge in [-0.2, -0.15) is 0 Å². The van der Waals surface area contributed by atoms with Gasteiger partial charge < -0.3 is 10.1 Å². The van der Waals surface area contributed by atoms with E-state index in [1.807, 2.05) is 11.8 Å². The molecule has 2 aromatic rings. The summed E-state index contributed by atoms with van der Waals surface area (Å²) in [6.07, 6.45) is 0. The van der Waals surface area contributed by atoms with Crippen LogP contribution in [0.15, 0.2) is 57.9 Å². The first-order valence-electron chi connectivity index (χ1n) is 6.94. The second kappa shape index (κ2) is 9.26. The molecule has 0 aliphatic rings. The lowest BCUT2D eigenvalue weighted by Gasteiger charge is -2.08. The third-order valence-corrected chi connectivity index (χ3v) is 5.11. The summed E-state index contributed by atoms with van der Waals surface area (Å²) >= 11 is 5.52. The van der Waals surface area contributed by atoms with E-state index in [4.69, 9.17) is 4.74 Å². The number of halogens is 1. The number of methoxy groups -OCH3 is 1. The van der Waals surface area contributed by atoms with Gasteiger partial charge >= 0.3 is 0 Å². The van der Waals surface area contributed by atoms with Gasteiger partial charge in [-0.25, -0.2) is 0 Å². The number of ether oxygens (including phenoxy) is 1. The minimum absolute atomic E-state index is 0.742. The quantitative estimate of drug-likeness (QED) is 0.550. The molecular formula is C17H20BrNOS. The van der Waals surface area contributed by atoms with E-state index in [-0.39, 0.29) is 0 Å². The highest BCUT2D eigenvalue weighted by atomic mass is 79.9. The summed E-state index contributed by atoms with van der Waals surface area (Å²) in [5.41, 5.74) is 2.63. The van der Waals surface area contributed by atoms with E-state index in [0.717, 1.165) is 29.9 Å². The van der Waals surface area contributed by atoms with Crippen LogP contribution in [0.3, 0.4) is 0 Å². The fourth-order valence-corrected chi connectivity index (χ4v) is 3.56. The average molecular weight is 366 g/mol. The Morgan fingerprint density at radius 2 is 1.90 bits per heavy atom. The van der Waals surface area contributed by atoms with E-state index < -0.39 is 0 Å². The van der Waals surface area contributed by atoms with Gasteiger partial charge in [0.15, 0.2) is 0 Å². The van der Waals surface area contributed by atoms with Crippen molar-refractivity contribution < 1.29 is 4.74 Å². The molecule has 0 fully saturated rings. The van der Waals surface area contributed by atoms with Gasteiger partial charge in [0.05, 0.1) is 6.61 Å². The Morgan fingerprint density at radius 1 is 1.10 bits per heavy atom. The van der Waals surface area contributed by atoms with Crippen LogP contribution in [0.2, 0.25) is 0 Å². The summed E-state index contributed by atoms with van der Waals surface area (Å²) in [5, 5.41) is 3.35. The summed E-state index contributed by atoms with van der Waals surface area (Å²) in [6, 6.07) is 17.1. The molecule has 2 rings (SSSR count). The maximum absolute atomic E-state index is 5.02. The summed E-state index contributed by atoms with van der Waals surface area (Å²) in [6.45, 7) is 2.48. The molecule has 0 unspecified atom stereocenters. The molecule has 21 heavy (non-hydrogen) atoms. The van der Waals surface area contributed by atoms with Crippen molar-refractivity contribution in [3.63, 3.8) is 0 Å². The van der Waals surface area contributed by atoms with Crippen molar-refractivity contribution in [2.45, 2.75) is 17.2 Å². The Balaban J connectivity index is 1.87. The van der Waals surface area contributed by atoms with Crippen molar-refractivity contribution in [3.05, 3.63) is 64.1 Å². The fraction of sp³-hybridized carbons (Fsp3) is 0.294. The molecule has 112 valence electrons.